The van der Waals surface area contributed by atoms with Crippen molar-refractivity contribution in [3.63, 3.8) is 0 Å². The van der Waals surface area contributed by atoms with Crippen LogP contribution in [0.15, 0.2) is 36.5 Å². The number of aliphatic hydroxyl groups is 1. The van der Waals surface area contributed by atoms with Crippen molar-refractivity contribution in [2.45, 2.75) is 32.8 Å². The molecule has 0 fully saturated rings. The van der Waals surface area contributed by atoms with E-state index >= 15 is 0 Å². The van der Waals surface area contributed by atoms with E-state index in [1.807, 2.05) is 32.0 Å². The summed E-state index contributed by atoms with van der Waals surface area (Å²) in [5.74, 6) is -0.184. The number of hydrogen-bond donors (Lipinski definition) is 2. The van der Waals surface area contributed by atoms with Crippen molar-refractivity contribution in [2.24, 2.45) is 5.73 Å². The van der Waals surface area contributed by atoms with Gasteiger partial charge >= 0.3 is 0 Å². The maximum Gasteiger partial charge on any atom is 0.0890 e. The van der Waals surface area contributed by atoms with Crippen molar-refractivity contribution in [3.05, 3.63) is 64.5 Å². The topological polar surface area (TPSA) is 59.1 Å². The zero-order valence-corrected chi connectivity index (χ0v) is 12.3. The molecule has 0 spiro atoms. The lowest BCUT2D eigenvalue weighted by molar-refractivity contribution is 0.144. The van der Waals surface area contributed by atoms with E-state index in [0.717, 1.165) is 22.4 Å². The van der Waals surface area contributed by atoms with Crippen molar-refractivity contribution in [1.82, 2.24) is 4.98 Å². The normalized spacial score (nSPS) is 14.1. The van der Waals surface area contributed by atoms with Crippen LogP contribution in [-0.2, 0) is 0 Å². The van der Waals surface area contributed by atoms with E-state index < -0.39 is 6.10 Å². The molecule has 3 N–H and O–H groups in total. The predicted molar refractivity (Wildman–Crippen MR) is 81.6 cm³/mol. The van der Waals surface area contributed by atoms with Crippen LogP contribution in [0.25, 0.3) is 0 Å². The summed E-state index contributed by atoms with van der Waals surface area (Å²) >= 11 is 0. The molecule has 106 valence electrons. The van der Waals surface area contributed by atoms with Crippen LogP contribution in [0.2, 0.25) is 0 Å². The second-order valence-corrected chi connectivity index (χ2v) is 5.35. The lowest BCUT2D eigenvalue weighted by Crippen LogP contribution is -2.22. The average molecular weight is 270 g/mol. The van der Waals surface area contributed by atoms with Gasteiger partial charge in [0, 0.05) is 24.4 Å². The molecular weight excluding hydrogens is 248 g/mol. The second kappa shape index (κ2) is 6.16. The molecule has 0 aliphatic rings. The molecule has 0 radical (unpaired) electrons. The van der Waals surface area contributed by atoms with Crippen molar-refractivity contribution in [1.29, 1.82) is 0 Å². The Balaban J connectivity index is 2.42. The molecule has 0 aliphatic carbocycles. The van der Waals surface area contributed by atoms with Gasteiger partial charge in [-0.05, 0) is 49.6 Å². The number of benzene rings is 1. The van der Waals surface area contributed by atoms with Crippen LogP contribution in [0, 0.1) is 20.8 Å². The van der Waals surface area contributed by atoms with Crippen molar-refractivity contribution >= 4 is 0 Å². The van der Waals surface area contributed by atoms with E-state index in [1.165, 1.54) is 5.56 Å². The number of rotatable bonds is 4. The summed E-state index contributed by atoms with van der Waals surface area (Å²) in [5, 5.41) is 10.8. The van der Waals surface area contributed by atoms with Gasteiger partial charge in [0.25, 0.3) is 0 Å². The zero-order valence-electron chi connectivity index (χ0n) is 12.3. The summed E-state index contributed by atoms with van der Waals surface area (Å²) in [6, 6.07) is 9.90. The molecule has 2 aromatic rings. The fourth-order valence-corrected chi connectivity index (χ4v) is 2.87. The van der Waals surface area contributed by atoms with E-state index in [2.05, 4.69) is 24.0 Å². The van der Waals surface area contributed by atoms with Crippen LogP contribution in [-0.4, -0.2) is 16.6 Å². The zero-order chi connectivity index (χ0) is 14.7. The minimum atomic E-state index is -0.629. The average Bonchev–Trinajstić information content (AvgIpc) is 2.39. The Labute approximate surface area is 120 Å². The van der Waals surface area contributed by atoms with E-state index in [4.69, 9.17) is 5.73 Å². The Bertz CT molecular complexity index is 558. The van der Waals surface area contributed by atoms with Gasteiger partial charge in [0.15, 0.2) is 0 Å². The number of nitrogens with two attached hydrogens (primary N) is 1. The minimum absolute atomic E-state index is 0.184. The van der Waals surface area contributed by atoms with E-state index in [0.29, 0.717) is 6.54 Å². The fraction of sp³-hybridized carbons (Fsp3) is 0.353. The molecule has 2 unspecified atom stereocenters. The molecule has 1 heterocycles. The van der Waals surface area contributed by atoms with Crippen LogP contribution < -0.4 is 5.73 Å². The van der Waals surface area contributed by atoms with Crippen LogP contribution in [0.1, 0.15) is 40.0 Å². The number of hydrogen-bond acceptors (Lipinski definition) is 3. The lowest BCUT2D eigenvalue weighted by atomic mass is 9.87. The molecule has 3 nitrogen and oxygen atoms in total. The molecule has 0 amide bonds. The standard InChI is InChI=1S/C17H22N2O/c1-11-8-12(2)16(13(3)9-11)17(20)14(10-18)15-6-4-5-7-19-15/h4-9,14,17,20H,10,18H2,1-3H3. The van der Waals surface area contributed by atoms with Crippen LogP contribution >= 0.6 is 0 Å². The summed E-state index contributed by atoms with van der Waals surface area (Å²) < 4.78 is 0. The Morgan fingerprint density at radius 3 is 2.30 bits per heavy atom. The first-order chi connectivity index (χ1) is 9.54. The van der Waals surface area contributed by atoms with Gasteiger partial charge < -0.3 is 10.8 Å². The molecule has 0 aliphatic heterocycles. The molecule has 3 heteroatoms. The molecular formula is C17H22N2O. The molecule has 20 heavy (non-hydrogen) atoms. The van der Waals surface area contributed by atoms with Gasteiger partial charge in [-0.15, -0.1) is 0 Å². The van der Waals surface area contributed by atoms with E-state index in [1.54, 1.807) is 6.20 Å². The van der Waals surface area contributed by atoms with E-state index in [9.17, 15) is 5.11 Å². The number of aromatic nitrogens is 1. The largest absolute Gasteiger partial charge is 0.388 e. The molecule has 2 rings (SSSR count). The molecule has 1 aromatic heterocycles. The summed E-state index contributed by atoms with van der Waals surface area (Å²) in [4.78, 5) is 4.33. The SMILES string of the molecule is Cc1cc(C)c(C(O)C(CN)c2ccccn2)c(C)c1. The monoisotopic (exact) mass is 270 g/mol. The van der Waals surface area contributed by atoms with Crippen LogP contribution in [0.5, 0.6) is 0 Å². The van der Waals surface area contributed by atoms with Gasteiger partial charge in [-0.25, -0.2) is 0 Å². The first-order valence-corrected chi connectivity index (χ1v) is 6.91. The van der Waals surface area contributed by atoms with Crippen LogP contribution in [0.4, 0.5) is 0 Å². The summed E-state index contributed by atoms with van der Waals surface area (Å²) in [6.07, 6.45) is 1.11. The molecule has 0 bridgehead atoms. The highest BCUT2D eigenvalue weighted by Crippen LogP contribution is 2.33. The Hall–Kier alpha value is -1.71. The second-order valence-electron chi connectivity index (χ2n) is 5.35. The van der Waals surface area contributed by atoms with E-state index in [-0.39, 0.29) is 5.92 Å². The van der Waals surface area contributed by atoms with Gasteiger partial charge in [0.2, 0.25) is 0 Å². The molecule has 0 saturated carbocycles. The lowest BCUT2D eigenvalue weighted by Gasteiger charge is -2.24. The highest BCUT2D eigenvalue weighted by atomic mass is 16.3. The third-order valence-electron chi connectivity index (χ3n) is 3.74. The number of aryl methyl sites for hydroxylation is 3. The third-order valence-corrected chi connectivity index (χ3v) is 3.74. The highest BCUT2D eigenvalue weighted by molar-refractivity contribution is 5.40. The van der Waals surface area contributed by atoms with Gasteiger partial charge in [0.1, 0.15) is 0 Å². The first kappa shape index (κ1) is 14.7. The minimum Gasteiger partial charge on any atom is -0.388 e. The van der Waals surface area contributed by atoms with Crippen LogP contribution in [0.3, 0.4) is 0 Å². The molecule has 1 aromatic carbocycles. The number of aliphatic hydroxyl groups excluding tert-OH is 1. The third kappa shape index (κ3) is 2.89. The van der Waals surface area contributed by atoms with Gasteiger partial charge in [0.05, 0.1) is 6.10 Å². The predicted octanol–water partition coefficient (Wildman–Crippen LogP) is 2.78. The number of nitrogens with zero attached hydrogens (tertiary/aromatic N) is 1. The van der Waals surface area contributed by atoms with Gasteiger partial charge in [-0.1, -0.05) is 23.8 Å². The Morgan fingerprint density at radius 1 is 1.15 bits per heavy atom. The first-order valence-electron chi connectivity index (χ1n) is 6.91. The van der Waals surface area contributed by atoms with Crippen molar-refractivity contribution < 1.29 is 5.11 Å². The van der Waals surface area contributed by atoms with Gasteiger partial charge in [-0.2, -0.15) is 0 Å². The van der Waals surface area contributed by atoms with Crippen molar-refractivity contribution in [3.8, 4) is 0 Å². The molecule has 0 saturated heterocycles. The van der Waals surface area contributed by atoms with Gasteiger partial charge in [-0.3, -0.25) is 4.98 Å². The summed E-state index contributed by atoms with van der Waals surface area (Å²) in [5.41, 5.74) is 11.1. The van der Waals surface area contributed by atoms with Crippen molar-refractivity contribution in [2.75, 3.05) is 6.54 Å². The maximum atomic E-state index is 10.8. The fourth-order valence-electron chi connectivity index (χ4n) is 2.87. The molecule has 2 atom stereocenters. The Kier molecular flexibility index (Phi) is 4.53. The quantitative estimate of drug-likeness (QED) is 0.898. The maximum absolute atomic E-state index is 10.8. The summed E-state index contributed by atoms with van der Waals surface area (Å²) in [6.45, 7) is 6.50. The smallest absolute Gasteiger partial charge is 0.0890 e. The highest BCUT2D eigenvalue weighted by Gasteiger charge is 2.25. The summed E-state index contributed by atoms with van der Waals surface area (Å²) in [7, 11) is 0. The number of pyridine rings is 1. The Morgan fingerprint density at radius 2 is 1.80 bits per heavy atom.